The fraction of sp³-hybridized carbons (Fsp3) is 0.231. The first-order valence-electron chi connectivity index (χ1n) is 5.69. The van der Waals surface area contributed by atoms with Crippen LogP contribution in [0.1, 0.15) is 17.7 Å². The molecule has 0 saturated carbocycles. The van der Waals surface area contributed by atoms with Gasteiger partial charge in [0.05, 0.1) is 5.69 Å². The molecule has 0 aliphatic carbocycles. The molecule has 2 rings (SSSR count). The summed E-state index contributed by atoms with van der Waals surface area (Å²) in [6.07, 6.45) is 1.87. The second-order valence-corrected chi connectivity index (χ2v) is 4.17. The quantitative estimate of drug-likeness (QED) is 0.924. The van der Waals surface area contributed by atoms with Crippen molar-refractivity contribution in [3.05, 3.63) is 47.3 Å². The first kappa shape index (κ1) is 13.2. The van der Waals surface area contributed by atoms with Crippen molar-refractivity contribution in [2.75, 3.05) is 0 Å². The maximum Gasteiger partial charge on any atom is 0.303 e. The number of hydrogen-bond donors (Lipinski definition) is 1. The first-order valence-corrected chi connectivity index (χ1v) is 5.69. The summed E-state index contributed by atoms with van der Waals surface area (Å²) in [5.74, 6) is -2.27. The molecule has 0 aliphatic rings. The predicted molar refractivity (Wildman–Crippen MR) is 64.2 cm³/mol. The molecule has 0 fully saturated rings. The van der Waals surface area contributed by atoms with Crippen LogP contribution in [0.2, 0.25) is 0 Å². The number of nitrogens with zero attached hydrogens (tertiary/aromatic N) is 2. The van der Waals surface area contributed by atoms with E-state index in [0.717, 1.165) is 17.7 Å². The number of carboxylic acids is 1. The van der Waals surface area contributed by atoms with Gasteiger partial charge >= 0.3 is 5.97 Å². The van der Waals surface area contributed by atoms with Crippen molar-refractivity contribution in [3.63, 3.8) is 0 Å². The van der Waals surface area contributed by atoms with Gasteiger partial charge < -0.3 is 5.11 Å². The molecule has 0 amide bonds. The monoisotopic (exact) mass is 266 g/mol. The zero-order chi connectivity index (χ0) is 14.0. The van der Waals surface area contributed by atoms with E-state index in [9.17, 15) is 13.6 Å². The lowest BCUT2D eigenvalue weighted by Gasteiger charge is -2.02. The van der Waals surface area contributed by atoms with Crippen LogP contribution >= 0.6 is 0 Å². The molecule has 0 radical (unpaired) electrons. The molecule has 100 valence electrons. The zero-order valence-electron chi connectivity index (χ0n) is 10.2. The van der Waals surface area contributed by atoms with Gasteiger partial charge in [-0.1, -0.05) is 0 Å². The minimum atomic E-state index is -0.903. The van der Waals surface area contributed by atoms with Crippen molar-refractivity contribution < 1.29 is 18.7 Å². The molecule has 0 spiro atoms. The van der Waals surface area contributed by atoms with E-state index in [1.165, 1.54) is 10.7 Å². The molecule has 4 nitrogen and oxygen atoms in total. The van der Waals surface area contributed by atoms with E-state index in [4.69, 9.17) is 5.11 Å². The van der Waals surface area contributed by atoms with Crippen LogP contribution in [0.25, 0.3) is 5.69 Å². The van der Waals surface area contributed by atoms with E-state index in [-0.39, 0.29) is 12.1 Å². The van der Waals surface area contributed by atoms with Gasteiger partial charge in [-0.2, -0.15) is 5.10 Å². The summed E-state index contributed by atoms with van der Waals surface area (Å²) in [5.41, 5.74) is 1.49. The van der Waals surface area contributed by atoms with Crippen LogP contribution in [0.15, 0.2) is 24.4 Å². The van der Waals surface area contributed by atoms with Gasteiger partial charge in [-0.3, -0.25) is 4.79 Å². The van der Waals surface area contributed by atoms with Crippen LogP contribution in [0, 0.1) is 18.6 Å². The minimum absolute atomic E-state index is 0.0154. The largest absolute Gasteiger partial charge is 0.481 e. The van der Waals surface area contributed by atoms with Gasteiger partial charge in [0.2, 0.25) is 0 Å². The summed E-state index contributed by atoms with van der Waals surface area (Å²) in [5, 5.41) is 12.7. The maximum atomic E-state index is 13.6. The standard InChI is InChI=1S/C13H12F2N2O2/c1-8-9(2-5-13(18)19)7-17(16-8)12-4-3-10(14)6-11(12)15/h3-4,6-7H,2,5H2,1H3,(H,18,19). The Kier molecular flexibility index (Phi) is 3.59. The zero-order valence-corrected chi connectivity index (χ0v) is 10.2. The topological polar surface area (TPSA) is 55.1 Å². The molecule has 0 bridgehead atoms. The molecule has 1 aromatic heterocycles. The number of rotatable bonds is 4. The third-order valence-electron chi connectivity index (χ3n) is 2.77. The van der Waals surface area contributed by atoms with Gasteiger partial charge in [0.15, 0.2) is 5.82 Å². The molecular weight excluding hydrogens is 254 g/mol. The number of aliphatic carboxylic acids is 1. The van der Waals surface area contributed by atoms with Gasteiger partial charge in [0, 0.05) is 18.7 Å². The summed E-state index contributed by atoms with van der Waals surface area (Å²) in [4.78, 5) is 10.5. The number of carboxylic acid groups (broad SMARTS) is 1. The lowest BCUT2D eigenvalue weighted by Crippen LogP contribution is -1.99. The third kappa shape index (κ3) is 2.96. The number of benzene rings is 1. The molecule has 6 heteroatoms. The Hall–Kier alpha value is -2.24. The maximum absolute atomic E-state index is 13.6. The van der Waals surface area contributed by atoms with Crippen molar-refractivity contribution in [2.45, 2.75) is 19.8 Å². The van der Waals surface area contributed by atoms with Crippen LogP contribution < -0.4 is 0 Å². The van der Waals surface area contributed by atoms with Crippen molar-refractivity contribution >= 4 is 5.97 Å². The van der Waals surface area contributed by atoms with Crippen molar-refractivity contribution in [3.8, 4) is 5.69 Å². The van der Waals surface area contributed by atoms with Crippen LogP contribution in [0.5, 0.6) is 0 Å². The fourth-order valence-electron chi connectivity index (χ4n) is 1.77. The smallest absolute Gasteiger partial charge is 0.303 e. The summed E-state index contributed by atoms with van der Waals surface area (Å²) in [6, 6.07) is 3.22. The van der Waals surface area contributed by atoms with Gasteiger partial charge in [0.25, 0.3) is 0 Å². The Morgan fingerprint density at radius 3 is 2.79 bits per heavy atom. The number of aryl methyl sites for hydroxylation is 2. The molecule has 0 unspecified atom stereocenters. The Labute approximate surface area is 108 Å². The average Bonchev–Trinajstić information content (AvgIpc) is 2.67. The Morgan fingerprint density at radius 2 is 2.16 bits per heavy atom. The number of aromatic nitrogens is 2. The van der Waals surface area contributed by atoms with E-state index >= 15 is 0 Å². The number of carbonyl (C=O) groups is 1. The van der Waals surface area contributed by atoms with Gasteiger partial charge in [0.1, 0.15) is 11.5 Å². The van der Waals surface area contributed by atoms with Crippen LogP contribution in [-0.2, 0) is 11.2 Å². The summed E-state index contributed by atoms with van der Waals surface area (Å²) >= 11 is 0. The molecule has 1 heterocycles. The molecule has 2 aromatic rings. The molecular formula is C13H12F2N2O2. The normalized spacial score (nSPS) is 10.7. The van der Waals surface area contributed by atoms with Crippen molar-refractivity contribution in [1.82, 2.24) is 9.78 Å². The van der Waals surface area contributed by atoms with Crippen molar-refractivity contribution in [2.24, 2.45) is 0 Å². The lowest BCUT2D eigenvalue weighted by molar-refractivity contribution is -0.136. The fourth-order valence-corrected chi connectivity index (χ4v) is 1.77. The number of halogens is 2. The van der Waals surface area contributed by atoms with E-state index in [2.05, 4.69) is 5.10 Å². The van der Waals surface area contributed by atoms with Crippen molar-refractivity contribution in [1.29, 1.82) is 0 Å². The second-order valence-electron chi connectivity index (χ2n) is 4.17. The Bertz CT molecular complexity index is 623. The summed E-state index contributed by atoms with van der Waals surface area (Å²) in [7, 11) is 0. The van der Waals surface area contributed by atoms with Gasteiger partial charge in [-0.15, -0.1) is 0 Å². The summed E-state index contributed by atoms with van der Waals surface area (Å²) in [6.45, 7) is 1.72. The Balaban J connectivity index is 2.31. The first-order chi connectivity index (χ1) is 8.97. The number of hydrogen-bond acceptors (Lipinski definition) is 2. The van der Waals surface area contributed by atoms with Crippen LogP contribution in [-0.4, -0.2) is 20.9 Å². The van der Waals surface area contributed by atoms with E-state index in [1.807, 2.05) is 0 Å². The summed E-state index contributed by atoms with van der Waals surface area (Å²) < 4.78 is 27.7. The molecule has 0 aliphatic heterocycles. The highest BCUT2D eigenvalue weighted by Gasteiger charge is 2.11. The lowest BCUT2D eigenvalue weighted by atomic mass is 10.1. The molecule has 1 aromatic carbocycles. The van der Waals surface area contributed by atoms with Gasteiger partial charge in [-0.05, 0) is 31.0 Å². The van der Waals surface area contributed by atoms with E-state index < -0.39 is 17.6 Å². The van der Waals surface area contributed by atoms with E-state index in [0.29, 0.717) is 12.1 Å². The highest BCUT2D eigenvalue weighted by atomic mass is 19.1. The Morgan fingerprint density at radius 1 is 1.42 bits per heavy atom. The second kappa shape index (κ2) is 5.17. The third-order valence-corrected chi connectivity index (χ3v) is 2.77. The molecule has 0 atom stereocenters. The predicted octanol–water partition coefficient (Wildman–Crippen LogP) is 2.48. The average molecular weight is 266 g/mol. The van der Waals surface area contributed by atoms with Crippen LogP contribution in [0.4, 0.5) is 8.78 Å². The SMILES string of the molecule is Cc1nn(-c2ccc(F)cc2F)cc1CCC(=O)O. The highest BCUT2D eigenvalue weighted by molar-refractivity contribution is 5.67. The van der Waals surface area contributed by atoms with E-state index in [1.54, 1.807) is 13.1 Å². The minimum Gasteiger partial charge on any atom is -0.481 e. The van der Waals surface area contributed by atoms with Gasteiger partial charge in [-0.25, -0.2) is 13.5 Å². The highest BCUT2D eigenvalue weighted by Crippen LogP contribution is 2.17. The molecule has 1 N–H and O–H groups in total. The molecule has 19 heavy (non-hydrogen) atoms. The van der Waals surface area contributed by atoms with Crippen LogP contribution in [0.3, 0.4) is 0 Å². The molecule has 0 saturated heterocycles.